The molecule has 0 N–H and O–H groups in total. The molecule has 59 heavy (non-hydrogen) atoms. The van der Waals surface area contributed by atoms with Gasteiger partial charge in [-0.05, 0) is 112 Å². The minimum Gasteiger partial charge on any atom is -0.208 e. The normalized spacial score (nSPS) is 12.1. The van der Waals surface area contributed by atoms with Crippen LogP contribution < -0.4 is 0 Å². The van der Waals surface area contributed by atoms with Gasteiger partial charge in [0, 0.05) is 36.9 Å². The van der Waals surface area contributed by atoms with Crippen LogP contribution in [0.25, 0.3) is 130 Å². The lowest BCUT2D eigenvalue weighted by atomic mass is 9.87. The second kappa shape index (κ2) is 12.5. The molecule has 4 heteroatoms. The van der Waals surface area contributed by atoms with E-state index in [1.54, 1.807) is 0 Å². The summed E-state index contributed by atoms with van der Waals surface area (Å²) in [5.41, 5.74) is 5.18. The van der Waals surface area contributed by atoms with Gasteiger partial charge < -0.3 is 0 Å². The van der Waals surface area contributed by atoms with E-state index in [9.17, 15) is 0 Å². The maximum atomic E-state index is 5.34. The Balaban J connectivity index is 1.11. The number of hydrogen-bond donors (Lipinski definition) is 0. The highest BCUT2D eigenvalue weighted by Gasteiger charge is 2.19. The topological polar surface area (TPSA) is 38.7 Å². The van der Waals surface area contributed by atoms with Gasteiger partial charge in [-0.3, -0.25) is 0 Å². The highest BCUT2D eigenvalue weighted by molar-refractivity contribution is 7.25. The molecule has 0 spiro atoms. The van der Waals surface area contributed by atoms with E-state index in [1.807, 2.05) is 17.4 Å². The van der Waals surface area contributed by atoms with Gasteiger partial charge in [0.25, 0.3) is 0 Å². The summed E-state index contributed by atoms with van der Waals surface area (Å²) < 4.78 is 2.52. The first-order valence-electron chi connectivity index (χ1n) is 20.0. The number of fused-ring (bicyclic) bond motifs is 5. The third kappa shape index (κ3) is 4.97. The maximum Gasteiger partial charge on any atom is 0.164 e. The Morgan fingerprint density at radius 3 is 1.39 bits per heavy atom. The maximum absolute atomic E-state index is 5.34. The van der Waals surface area contributed by atoms with Crippen molar-refractivity contribution in [3.05, 3.63) is 188 Å². The summed E-state index contributed by atoms with van der Waals surface area (Å²) in [7, 11) is 0. The summed E-state index contributed by atoms with van der Waals surface area (Å²) in [4.78, 5) is 15.9. The van der Waals surface area contributed by atoms with Crippen molar-refractivity contribution in [2.24, 2.45) is 0 Å². The zero-order chi connectivity index (χ0) is 38.6. The van der Waals surface area contributed by atoms with E-state index in [0.717, 1.165) is 27.6 Å². The number of benzene rings is 10. The predicted molar refractivity (Wildman–Crippen MR) is 251 cm³/mol. The Morgan fingerprint density at radius 1 is 0.254 bits per heavy atom. The van der Waals surface area contributed by atoms with Gasteiger partial charge >= 0.3 is 0 Å². The SMILES string of the molecule is c1ccc(-c2ccc(-c3nc(-c4ccc5sc6ccccc6c5c4)nc(-c4cc5ccc6cccc7c8cccc9ccc%10cccc(c(c4)c5c67)c%10c98)n3)cc2)cc1. The van der Waals surface area contributed by atoms with Gasteiger partial charge in [-0.2, -0.15) is 0 Å². The lowest BCUT2D eigenvalue weighted by Gasteiger charge is -2.17. The molecule has 0 atom stereocenters. The molecule has 2 aromatic heterocycles. The van der Waals surface area contributed by atoms with Crippen molar-refractivity contribution in [1.29, 1.82) is 0 Å². The van der Waals surface area contributed by atoms with Crippen molar-refractivity contribution < 1.29 is 0 Å². The molecular formula is C55H31N3S. The highest BCUT2D eigenvalue weighted by Crippen LogP contribution is 2.44. The molecule has 0 fully saturated rings. The first-order valence-corrected chi connectivity index (χ1v) is 20.8. The van der Waals surface area contributed by atoms with E-state index in [2.05, 4.69) is 182 Å². The lowest BCUT2D eigenvalue weighted by molar-refractivity contribution is 1.08. The minimum absolute atomic E-state index is 0.643. The van der Waals surface area contributed by atoms with E-state index in [-0.39, 0.29) is 0 Å². The zero-order valence-electron chi connectivity index (χ0n) is 31.6. The zero-order valence-corrected chi connectivity index (χ0v) is 32.5. The average molecular weight is 766 g/mol. The summed E-state index contributed by atoms with van der Waals surface area (Å²) in [6.45, 7) is 0. The predicted octanol–water partition coefficient (Wildman–Crippen LogP) is 15.3. The number of aromatic nitrogens is 3. The van der Waals surface area contributed by atoms with Crippen LogP contribution >= 0.6 is 11.3 Å². The van der Waals surface area contributed by atoms with Crippen LogP contribution in [0.5, 0.6) is 0 Å². The molecular weight excluding hydrogens is 735 g/mol. The molecule has 13 rings (SSSR count). The second-order valence-electron chi connectivity index (χ2n) is 15.5. The Morgan fingerprint density at radius 2 is 0.712 bits per heavy atom. The fourth-order valence-corrected chi connectivity index (χ4v) is 10.6. The molecule has 0 amide bonds. The smallest absolute Gasteiger partial charge is 0.164 e. The number of nitrogens with zero attached hydrogens (tertiary/aromatic N) is 3. The largest absolute Gasteiger partial charge is 0.208 e. The Kier molecular flexibility index (Phi) is 6.89. The standard InChI is InChI=1S/C55H31N3S/c1-2-9-32(10-3-1)33-19-24-37(25-20-33)53-56-54(39-27-28-48-45(30-39)41-14-4-5-18-47(41)59-48)58-55(57-53)40-29-38-26-23-36-12-7-16-43-42-15-6-11-34-21-22-35-13-8-17-44(51(35)49(34)42)46(31-40)52(38)50(36)43/h1-31H. The van der Waals surface area contributed by atoms with E-state index >= 15 is 0 Å². The summed E-state index contributed by atoms with van der Waals surface area (Å²) in [6.07, 6.45) is 0. The van der Waals surface area contributed by atoms with Gasteiger partial charge in [-0.1, -0.05) is 152 Å². The molecule has 13 aromatic rings. The van der Waals surface area contributed by atoms with Crippen LogP contribution in [-0.4, -0.2) is 15.0 Å². The molecule has 0 saturated carbocycles. The summed E-state index contributed by atoms with van der Waals surface area (Å²) in [5, 5.41) is 17.3. The molecule has 0 radical (unpaired) electrons. The van der Waals surface area contributed by atoms with E-state index < -0.39 is 0 Å². The van der Waals surface area contributed by atoms with Crippen LogP contribution in [0.2, 0.25) is 0 Å². The van der Waals surface area contributed by atoms with Crippen molar-refractivity contribution in [3.8, 4) is 45.3 Å². The van der Waals surface area contributed by atoms with Gasteiger partial charge in [0.05, 0.1) is 0 Å². The monoisotopic (exact) mass is 765 g/mol. The Labute approximate surface area is 342 Å². The van der Waals surface area contributed by atoms with Gasteiger partial charge in [0.2, 0.25) is 0 Å². The van der Waals surface area contributed by atoms with E-state index in [0.29, 0.717) is 17.5 Å². The molecule has 11 aromatic carbocycles. The van der Waals surface area contributed by atoms with Crippen LogP contribution in [0.3, 0.4) is 0 Å². The summed E-state index contributed by atoms with van der Waals surface area (Å²) >= 11 is 1.82. The molecule has 3 nitrogen and oxygen atoms in total. The molecule has 0 saturated heterocycles. The van der Waals surface area contributed by atoms with Crippen molar-refractivity contribution in [2.75, 3.05) is 0 Å². The van der Waals surface area contributed by atoms with Crippen molar-refractivity contribution in [2.45, 2.75) is 0 Å². The molecule has 0 aliphatic heterocycles. The second-order valence-corrected chi connectivity index (χ2v) is 16.6. The third-order valence-corrected chi connectivity index (χ3v) is 13.4. The van der Waals surface area contributed by atoms with Crippen molar-refractivity contribution >= 4 is 96.1 Å². The Bertz CT molecular complexity index is 3820. The average Bonchev–Trinajstić information content (AvgIpc) is 3.68. The number of hydrogen-bond acceptors (Lipinski definition) is 4. The fraction of sp³-hybridized carbons (Fsp3) is 0. The Hall–Kier alpha value is -7.53. The van der Waals surface area contributed by atoms with Crippen molar-refractivity contribution in [3.63, 3.8) is 0 Å². The quantitative estimate of drug-likeness (QED) is 0.168. The minimum atomic E-state index is 0.643. The summed E-state index contributed by atoms with van der Waals surface area (Å²) in [6, 6.07) is 68.2. The highest BCUT2D eigenvalue weighted by atomic mass is 32.1. The molecule has 2 heterocycles. The van der Waals surface area contributed by atoms with Gasteiger partial charge in [-0.15, -0.1) is 11.3 Å². The van der Waals surface area contributed by atoms with Crippen LogP contribution in [0, 0.1) is 0 Å². The third-order valence-electron chi connectivity index (χ3n) is 12.2. The number of rotatable bonds is 4. The molecule has 0 bridgehead atoms. The van der Waals surface area contributed by atoms with Crippen LogP contribution in [-0.2, 0) is 0 Å². The molecule has 272 valence electrons. The molecule has 0 aliphatic carbocycles. The van der Waals surface area contributed by atoms with Gasteiger partial charge in [-0.25, -0.2) is 15.0 Å². The first kappa shape index (κ1) is 32.5. The van der Waals surface area contributed by atoms with E-state index in [1.165, 1.54) is 85.0 Å². The fourth-order valence-electron chi connectivity index (χ4n) is 9.48. The van der Waals surface area contributed by atoms with Crippen LogP contribution in [0.15, 0.2) is 188 Å². The van der Waals surface area contributed by atoms with Crippen LogP contribution in [0.1, 0.15) is 0 Å². The van der Waals surface area contributed by atoms with Crippen molar-refractivity contribution in [1.82, 2.24) is 15.0 Å². The molecule has 0 aliphatic rings. The van der Waals surface area contributed by atoms with Crippen LogP contribution in [0.4, 0.5) is 0 Å². The summed E-state index contributed by atoms with van der Waals surface area (Å²) in [5.74, 6) is 1.94. The molecule has 0 unspecified atom stereocenters. The number of thiophene rings is 1. The van der Waals surface area contributed by atoms with Gasteiger partial charge in [0.15, 0.2) is 17.5 Å². The van der Waals surface area contributed by atoms with Gasteiger partial charge in [0.1, 0.15) is 0 Å². The first-order chi connectivity index (χ1) is 29.2. The van der Waals surface area contributed by atoms with E-state index in [4.69, 9.17) is 15.0 Å². The lowest BCUT2D eigenvalue weighted by Crippen LogP contribution is -2.00.